The zero-order valence-corrected chi connectivity index (χ0v) is 15.3. The fraction of sp³-hybridized carbons (Fsp3) is 0.333. The van der Waals surface area contributed by atoms with E-state index < -0.39 is 11.8 Å². The lowest BCUT2D eigenvalue weighted by Gasteiger charge is -2.13. The molecule has 5 heteroatoms. The number of anilines is 1. The van der Waals surface area contributed by atoms with Gasteiger partial charge in [0.15, 0.2) is 0 Å². The number of nitrogens with one attached hydrogen (secondary N) is 2. The molecule has 0 fully saturated rings. The Morgan fingerprint density at radius 3 is 2.35 bits per heavy atom. The molecule has 0 aliphatic heterocycles. The molecular formula is C21H26N2O3. The highest BCUT2D eigenvalue weighted by atomic mass is 16.5. The largest absolute Gasteiger partial charge is 0.494 e. The van der Waals surface area contributed by atoms with Crippen molar-refractivity contribution < 1.29 is 14.3 Å². The number of unbranched alkanes of at least 4 members (excludes halogenated alkanes) is 1. The van der Waals surface area contributed by atoms with Gasteiger partial charge in [0.25, 0.3) is 0 Å². The summed E-state index contributed by atoms with van der Waals surface area (Å²) >= 11 is 0. The third-order valence-electron chi connectivity index (χ3n) is 4.02. The van der Waals surface area contributed by atoms with Gasteiger partial charge in [-0.15, -0.1) is 0 Å². The standard InChI is InChI=1S/C21H26N2O3/c1-3-4-14-26-19-12-10-18(11-13-19)23-21(25)20(24)22-15-16(2)17-8-6-5-7-9-17/h5-13,16H,3-4,14-15H2,1-2H3,(H,22,24)(H,23,25)/t16-/m0/s1. The molecule has 0 aliphatic carbocycles. The Balaban J connectivity index is 1.78. The lowest BCUT2D eigenvalue weighted by atomic mass is 10.0. The van der Waals surface area contributed by atoms with Crippen LogP contribution in [0.4, 0.5) is 5.69 Å². The van der Waals surface area contributed by atoms with Crippen molar-refractivity contribution in [1.82, 2.24) is 5.32 Å². The number of benzene rings is 2. The van der Waals surface area contributed by atoms with Crippen LogP contribution in [0, 0.1) is 0 Å². The normalized spacial score (nSPS) is 11.5. The van der Waals surface area contributed by atoms with E-state index in [0.717, 1.165) is 24.2 Å². The first-order valence-electron chi connectivity index (χ1n) is 8.97. The van der Waals surface area contributed by atoms with Gasteiger partial charge in [-0.1, -0.05) is 50.6 Å². The molecule has 0 aliphatic rings. The molecule has 2 aromatic carbocycles. The summed E-state index contributed by atoms with van der Waals surface area (Å²) in [5.41, 5.74) is 1.68. The van der Waals surface area contributed by atoms with Gasteiger partial charge in [-0.25, -0.2) is 0 Å². The highest BCUT2D eigenvalue weighted by Crippen LogP contribution is 2.16. The predicted octanol–water partition coefficient (Wildman–Crippen LogP) is 3.72. The van der Waals surface area contributed by atoms with Crippen molar-refractivity contribution in [3.8, 4) is 5.75 Å². The van der Waals surface area contributed by atoms with E-state index in [1.54, 1.807) is 24.3 Å². The number of ether oxygens (including phenoxy) is 1. The maximum Gasteiger partial charge on any atom is 0.313 e. The van der Waals surface area contributed by atoms with Crippen molar-refractivity contribution in [2.45, 2.75) is 32.6 Å². The number of hydrogen-bond donors (Lipinski definition) is 2. The van der Waals surface area contributed by atoms with E-state index in [4.69, 9.17) is 4.74 Å². The number of hydrogen-bond acceptors (Lipinski definition) is 3. The van der Waals surface area contributed by atoms with E-state index in [1.807, 2.05) is 37.3 Å². The summed E-state index contributed by atoms with van der Waals surface area (Å²) in [5.74, 6) is -0.439. The van der Waals surface area contributed by atoms with Crippen molar-refractivity contribution in [2.24, 2.45) is 0 Å². The fourth-order valence-electron chi connectivity index (χ4n) is 2.38. The van der Waals surface area contributed by atoms with E-state index in [9.17, 15) is 9.59 Å². The molecule has 5 nitrogen and oxygen atoms in total. The van der Waals surface area contributed by atoms with Crippen LogP contribution in [-0.4, -0.2) is 25.0 Å². The van der Waals surface area contributed by atoms with Gasteiger partial charge in [0, 0.05) is 12.2 Å². The molecule has 0 spiro atoms. The van der Waals surface area contributed by atoms with Crippen LogP contribution in [0.5, 0.6) is 5.75 Å². The number of amides is 2. The molecule has 0 saturated heterocycles. The van der Waals surface area contributed by atoms with Gasteiger partial charge in [0.2, 0.25) is 0 Å². The molecule has 2 amide bonds. The van der Waals surface area contributed by atoms with Gasteiger partial charge in [-0.2, -0.15) is 0 Å². The number of carbonyl (C=O) groups is 2. The molecule has 0 radical (unpaired) electrons. The Morgan fingerprint density at radius 2 is 1.69 bits per heavy atom. The SMILES string of the molecule is CCCCOc1ccc(NC(=O)C(=O)NC[C@H](C)c2ccccc2)cc1. The van der Waals surface area contributed by atoms with E-state index in [0.29, 0.717) is 18.8 Å². The van der Waals surface area contributed by atoms with Gasteiger partial charge < -0.3 is 15.4 Å². The Morgan fingerprint density at radius 1 is 1.00 bits per heavy atom. The smallest absolute Gasteiger partial charge is 0.313 e. The molecule has 2 aromatic rings. The van der Waals surface area contributed by atoms with Crippen LogP contribution in [0.3, 0.4) is 0 Å². The van der Waals surface area contributed by atoms with Crippen molar-refractivity contribution in [1.29, 1.82) is 0 Å². The molecule has 0 bridgehead atoms. The molecule has 2 N–H and O–H groups in total. The number of carbonyl (C=O) groups excluding carboxylic acids is 2. The molecule has 0 saturated carbocycles. The summed E-state index contributed by atoms with van der Waals surface area (Å²) in [6.45, 7) is 5.18. The van der Waals surface area contributed by atoms with Crippen LogP contribution in [-0.2, 0) is 9.59 Å². The quantitative estimate of drug-likeness (QED) is 0.561. The average molecular weight is 354 g/mol. The molecule has 0 aromatic heterocycles. The summed E-state index contributed by atoms with van der Waals surface area (Å²) < 4.78 is 5.57. The van der Waals surface area contributed by atoms with Crippen molar-refractivity contribution in [2.75, 3.05) is 18.5 Å². The third kappa shape index (κ3) is 6.24. The van der Waals surface area contributed by atoms with Crippen LogP contribution < -0.4 is 15.4 Å². The molecule has 26 heavy (non-hydrogen) atoms. The molecule has 0 heterocycles. The maximum atomic E-state index is 12.0. The fourth-order valence-corrected chi connectivity index (χ4v) is 2.38. The minimum absolute atomic E-state index is 0.132. The average Bonchev–Trinajstić information content (AvgIpc) is 2.68. The first-order chi connectivity index (χ1) is 12.6. The number of rotatable bonds is 8. The van der Waals surface area contributed by atoms with Crippen molar-refractivity contribution >= 4 is 17.5 Å². The lowest BCUT2D eigenvalue weighted by Crippen LogP contribution is -2.37. The van der Waals surface area contributed by atoms with Crippen LogP contribution in [0.25, 0.3) is 0 Å². The van der Waals surface area contributed by atoms with Gasteiger partial charge in [-0.3, -0.25) is 9.59 Å². The maximum absolute atomic E-state index is 12.0. The first-order valence-corrected chi connectivity index (χ1v) is 8.97. The van der Waals surface area contributed by atoms with Crippen LogP contribution in [0.2, 0.25) is 0 Å². The Hall–Kier alpha value is -2.82. The summed E-state index contributed by atoms with van der Waals surface area (Å²) in [4.78, 5) is 24.0. The minimum Gasteiger partial charge on any atom is -0.494 e. The van der Waals surface area contributed by atoms with Crippen molar-refractivity contribution in [3.05, 3.63) is 60.2 Å². The highest BCUT2D eigenvalue weighted by molar-refractivity contribution is 6.39. The van der Waals surface area contributed by atoms with Crippen LogP contribution in [0.15, 0.2) is 54.6 Å². The lowest BCUT2D eigenvalue weighted by molar-refractivity contribution is -0.136. The van der Waals surface area contributed by atoms with E-state index in [1.165, 1.54) is 0 Å². The first kappa shape index (κ1) is 19.5. The molecule has 2 rings (SSSR count). The molecule has 1 atom stereocenters. The van der Waals surface area contributed by atoms with Crippen molar-refractivity contribution in [3.63, 3.8) is 0 Å². The second kappa shape index (κ2) is 10.2. The highest BCUT2D eigenvalue weighted by Gasteiger charge is 2.15. The van der Waals surface area contributed by atoms with Gasteiger partial charge in [0.1, 0.15) is 5.75 Å². The van der Waals surface area contributed by atoms with E-state index in [-0.39, 0.29) is 5.92 Å². The third-order valence-corrected chi connectivity index (χ3v) is 4.02. The summed E-state index contributed by atoms with van der Waals surface area (Å²) in [6.07, 6.45) is 2.08. The zero-order valence-electron chi connectivity index (χ0n) is 15.3. The van der Waals surface area contributed by atoms with E-state index >= 15 is 0 Å². The summed E-state index contributed by atoms with van der Waals surface area (Å²) in [6, 6.07) is 16.9. The van der Waals surface area contributed by atoms with Gasteiger partial charge >= 0.3 is 11.8 Å². The van der Waals surface area contributed by atoms with E-state index in [2.05, 4.69) is 17.6 Å². The Bertz CT molecular complexity index is 699. The predicted molar refractivity (Wildman–Crippen MR) is 103 cm³/mol. The van der Waals surface area contributed by atoms with Crippen LogP contribution in [0.1, 0.15) is 38.2 Å². The van der Waals surface area contributed by atoms with Gasteiger partial charge in [-0.05, 0) is 42.2 Å². The molecular weight excluding hydrogens is 328 g/mol. The topological polar surface area (TPSA) is 67.4 Å². The minimum atomic E-state index is -0.676. The molecule has 0 unspecified atom stereocenters. The second-order valence-corrected chi connectivity index (χ2v) is 6.20. The van der Waals surface area contributed by atoms with Gasteiger partial charge in [0.05, 0.1) is 6.61 Å². The Kier molecular flexibility index (Phi) is 7.68. The summed E-state index contributed by atoms with van der Waals surface area (Å²) in [5, 5.41) is 5.26. The zero-order chi connectivity index (χ0) is 18.8. The Labute approximate surface area is 154 Å². The summed E-state index contributed by atoms with van der Waals surface area (Å²) in [7, 11) is 0. The molecule has 138 valence electrons. The second-order valence-electron chi connectivity index (χ2n) is 6.20. The van der Waals surface area contributed by atoms with Crippen LogP contribution >= 0.6 is 0 Å². The monoisotopic (exact) mass is 354 g/mol.